The van der Waals surface area contributed by atoms with Gasteiger partial charge in [-0.15, -0.1) is 0 Å². The second-order valence-corrected chi connectivity index (χ2v) is 4.31. The third kappa shape index (κ3) is 3.59. The Kier molecular flexibility index (Phi) is 4.22. The van der Waals surface area contributed by atoms with E-state index in [1.165, 1.54) is 24.3 Å². The third-order valence-electron chi connectivity index (χ3n) is 2.64. The highest BCUT2D eigenvalue weighted by Gasteiger charge is 2.15. The van der Waals surface area contributed by atoms with Gasteiger partial charge in [-0.25, -0.2) is 9.18 Å². The summed E-state index contributed by atoms with van der Waals surface area (Å²) in [4.78, 5) is 25.3. The van der Waals surface area contributed by atoms with E-state index in [0.29, 0.717) is 5.69 Å². The van der Waals surface area contributed by atoms with Crippen LogP contribution < -0.4 is 10.1 Å². The van der Waals surface area contributed by atoms with E-state index in [4.69, 9.17) is 9.84 Å². The fourth-order valence-corrected chi connectivity index (χ4v) is 1.75. The Bertz CT molecular complexity index is 681. The topological polar surface area (TPSA) is 91.4 Å². The molecular weight excluding hydrogens is 279 g/mol. The standard InChI is InChI=1S/C14H13FN2O4/c1-8-6-10(13(16-8)14(19)20)17-12(18)7-21-11-5-3-2-4-9(11)15/h2-6,16H,7H2,1H3,(H,17,18)(H,19,20). The largest absolute Gasteiger partial charge is 0.481 e. The fraction of sp³-hybridized carbons (Fsp3) is 0.143. The third-order valence-corrected chi connectivity index (χ3v) is 2.64. The summed E-state index contributed by atoms with van der Waals surface area (Å²) >= 11 is 0. The van der Waals surface area contributed by atoms with E-state index in [0.717, 1.165) is 0 Å². The number of carboxylic acids is 1. The Morgan fingerprint density at radius 2 is 2.10 bits per heavy atom. The molecule has 1 aromatic carbocycles. The molecule has 0 unspecified atom stereocenters. The van der Waals surface area contributed by atoms with Crippen LogP contribution in [0.2, 0.25) is 0 Å². The number of hydrogen-bond donors (Lipinski definition) is 3. The molecule has 2 aromatic rings. The maximum atomic E-state index is 13.3. The van der Waals surface area contributed by atoms with Crippen molar-refractivity contribution in [1.29, 1.82) is 0 Å². The molecule has 7 heteroatoms. The van der Waals surface area contributed by atoms with Crippen molar-refractivity contribution in [2.24, 2.45) is 0 Å². The number of benzene rings is 1. The minimum Gasteiger partial charge on any atom is -0.481 e. The van der Waals surface area contributed by atoms with Crippen LogP contribution in [0.15, 0.2) is 30.3 Å². The predicted molar refractivity (Wildman–Crippen MR) is 73.0 cm³/mol. The van der Waals surface area contributed by atoms with E-state index >= 15 is 0 Å². The van der Waals surface area contributed by atoms with E-state index in [9.17, 15) is 14.0 Å². The van der Waals surface area contributed by atoms with Crippen molar-refractivity contribution in [2.75, 3.05) is 11.9 Å². The lowest BCUT2D eigenvalue weighted by Crippen LogP contribution is -2.21. The highest BCUT2D eigenvalue weighted by molar-refractivity contribution is 6.00. The minimum absolute atomic E-state index is 0.0450. The number of aromatic nitrogens is 1. The number of carbonyl (C=O) groups is 2. The van der Waals surface area contributed by atoms with Crippen molar-refractivity contribution in [3.63, 3.8) is 0 Å². The summed E-state index contributed by atoms with van der Waals surface area (Å²) in [6.07, 6.45) is 0. The Morgan fingerprint density at radius 3 is 2.76 bits per heavy atom. The molecule has 0 aliphatic heterocycles. The normalized spacial score (nSPS) is 10.2. The number of hydrogen-bond acceptors (Lipinski definition) is 3. The zero-order valence-corrected chi connectivity index (χ0v) is 11.1. The number of aromatic carboxylic acids is 1. The van der Waals surface area contributed by atoms with Gasteiger partial charge in [-0.05, 0) is 25.1 Å². The summed E-state index contributed by atoms with van der Waals surface area (Å²) < 4.78 is 18.3. The average Bonchev–Trinajstić information content (AvgIpc) is 2.79. The summed E-state index contributed by atoms with van der Waals surface area (Å²) in [5.74, 6) is -2.39. The van der Waals surface area contributed by atoms with Crippen LogP contribution in [0.4, 0.5) is 10.1 Å². The van der Waals surface area contributed by atoms with Crippen molar-refractivity contribution in [3.8, 4) is 5.75 Å². The number of carbonyl (C=O) groups excluding carboxylic acids is 1. The molecule has 0 radical (unpaired) electrons. The molecule has 0 spiro atoms. The lowest BCUT2D eigenvalue weighted by molar-refractivity contribution is -0.118. The van der Waals surface area contributed by atoms with E-state index < -0.39 is 24.3 Å². The number of rotatable bonds is 5. The summed E-state index contributed by atoms with van der Waals surface area (Å²) in [5.41, 5.74) is 0.617. The number of ether oxygens (including phenoxy) is 1. The van der Waals surface area contributed by atoms with E-state index in [1.54, 1.807) is 13.0 Å². The van der Waals surface area contributed by atoms with Crippen molar-refractivity contribution >= 4 is 17.6 Å². The van der Waals surface area contributed by atoms with Gasteiger partial charge in [-0.1, -0.05) is 12.1 Å². The van der Waals surface area contributed by atoms with Crippen molar-refractivity contribution in [1.82, 2.24) is 4.98 Å². The molecule has 1 heterocycles. The van der Waals surface area contributed by atoms with Crippen LogP contribution in [0.25, 0.3) is 0 Å². The molecule has 0 saturated carbocycles. The molecule has 1 aromatic heterocycles. The smallest absolute Gasteiger partial charge is 0.354 e. The van der Waals surface area contributed by atoms with Gasteiger partial charge in [0.2, 0.25) is 0 Å². The predicted octanol–water partition coefficient (Wildman–Crippen LogP) is 2.18. The van der Waals surface area contributed by atoms with Gasteiger partial charge < -0.3 is 20.1 Å². The molecule has 0 bridgehead atoms. The van der Waals surface area contributed by atoms with Crippen molar-refractivity contribution < 1.29 is 23.8 Å². The van der Waals surface area contributed by atoms with E-state index in [1.807, 2.05) is 0 Å². The molecule has 0 saturated heterocycles. The fourth-order valence-electron chi connectivity index (χ4n) is 1.75. The molecular formula is C14H13FN2O4. The molecule has 6 nitrogen and oxygen atoms in total. The summed E-state index contributed by atoms with van der Waals surface area (Å²) in [6.45, 7) is 1.24. The van der Waals surface area contributed by atoms with Gasteiger partial charge >= 0.3 is 5.97 Å². The summed E-state index contributed by atoms with van der Waals surface area (Å²) in [7, 11) is 0. The van der Waals surface area contributed by atoms with Crippen molar-refractivity contribution in [2.45, 2.75) is 6.92 Å². The number of carboxylic acid groups (broad SMARTS) is 1. The van der Waals surface area contributed by atoms with Gasteiger partial charge in [0.25, 0.3) is 5.91 Å². The number of halogens is 1. The number of aryl methyl sites for hydroxylation is 1. The Hall–Kier alpha value is -2.83. The van der Waals surface area contributed by atoms with E-state index in [2.05, 4.69) is 10.3 Å². The number of para-hydroxylation sites is 1. The van der Waals surface area contributed by atoms with Crippen LogP contribution in [-0.4, -0.2) is 28.6 Å². The molecule has 110 valence electrons. The minimum atomic E-state index is -1.19. The van der Waals surface area contributed by atoms with Crippen molar-refractivity contribution in [3.05, 3.63) is 47.5 Å². The first-order valence-corrected chi connectivity index (χ1v) is 6.07. The number of amides is 1. The van der Waals surface area contributed by atoms with Crippen LogP contribution in [0.1, 0.15) is 16.2 Å². The molecule has 3 N–H and O–H groups in total. The number of aromatic amines is 1. The second-order valence-electron chi connectivity index (χ2n) is 4.31. The van der Waals surface area contributed by atoms with Crippen LogP contribution in [0.5, 0.6) is 5.75 Å². The molecule has 0 aliphatic carbocycles. The van der Waals surface area contributed by atoms with Gasteiger partial charge in [0.1, 0.15) is 5.69 Å². The summed E-state index contributed by atoms with van der Waals surface area (Å²) in [5, 5.41) is 11.4. The first-order chi connectivity index (χ1) is 9.97. The maximum absolute atomic E-state index is 13.3. The van der Waals surface area contributed by atoms with Gasteiger partial charge in [0.05, 0.1) is 5.69 Å². The monoisotopic (exact) mass is 292 g/mol. The SMILES string of the molecule is Cc1cc(NC(=O)COc2ccccc2F)c(C(=O)O)[nH]1. The summed E-state index contributed by atoms with van der Waals surface area (Å²) in [6, 6.07) is 7.18. The highest BCUT2D eigenvalue weighted by atomic mass is 19.1. The zero-order chi connectivity index (χ0) is 15.4. The Labute approximate surface area is 119 Å². The lowest BCUT2D eigenvalue weighted by atomic mass is 10.3. The molecule has 21 heavy (non-hydrogen) atoms. The van der Waals surface area contributed by atoms with Crippen LogP contribution in [-0.2, 0) is 4.79 Å². The van der Waals surface area contributed by atoms with Gasteiger partial charge in [-0.2, -0.15) is 0 Å². The average molecular weight is 292 g/mol. The highest BCUT2D eigenvalue weighted by Crippen LogP contribution is 2.18. The second kappa shape index (κ2) is 6.08. The maximum Gasteiger partial charge on any atom is 0.354 e. The molecule has 2 rings (SSSR count). The van der Waals surface area contributed by atoms with Gasteiger partial charge in [0.15, 0.2) is 18.2 Å². The molecule has 0 atom stereocenters. The quantitative estimate of drug-likeness (QED) is 0.787. The molecule has 0 aliphatic rings. The number of anilines is 1. The number of H-pyrrole nitrogens is 1. The van der Waals surface area contributed by atoms with Gasteiger partial charge in [-0.3, -0.25) is 4.79 Å². The zero-order valence-electron chi connectivity index (χ0n) is 11.1. The molecule has 0 fully saturated rings. The van der Waals surface area contributed by atoms with E-state index in [-0.39, 0.29) is 17.1 Å². The molecule has 1 amide bonds. The lowest BCUT2D eigenvalue weighted by Gasteiger charge is -2.07. The van der Waals surface area contributed by atoms with Crippen LogP contribution in [0, 0.1) is 12.7 Å². The number of nitrogens with one attached hydrogen (secondary N) is 2. The Balaban J connectivity index is 1.99. The first kappa shape index (κ1) is 14.6. The van der Waals surface area contributed by atoms with Gasteiger partial charge in [0, 0.05) is 5.69 Å². The first-order valence-electron chi connectivity index (χ1n) is 6.07. The van der Waals surface area contributed by atoms with Crippen LogP contribution >= 0.6 is 0 Å². The van der Waals surface area contributed by atoms with Crippen LogP contribution in [0.3, 0.4) is 0 Å². The Morgan fingerprint density at radius 1 is 1.38 bits per heavy atom.